The summed E-state index contributed by atoms with van der Waals surface area (Å²) in [7, 11) is 0. The van der Waals surface area contributed by atoms with Gasteiger partial charge in [-0.3, -0.25) is 0 Å². The number of rotatable bonds is 5. The van der Waals surface area contributed by atoms with Crippen molar-refractivity contribution >= 4 is 0 Å². The summed E-state index contributed by atoms with van der Waals surface area (Å²) in [5.41, 5.74) is 0.648. The summed E-state index contributed by atoms with van der Waals surface area (Å²) >= 11 is 0. The van der Waals surface area contributed by atoms with Crippen molar-refractivity contribution in [1.82, 2.24) is 0 Å². The molecular formula is C27H47FO. The van der Waals surface area contributed by atoms with Crippen molar-refractivity contribution in [1.29, 1.82) is 0 Å². The molecule has 0 aliphatic heterocycles. The summed E-state index contributed by atoms with van der Waals surface area (Å²) in [6.45, 7) is 12.3. The molecule has 10 atom stereocenters. The highest BCUT2D eigenvalue weighted by Crippen LogP contribution is 2.68. The van der Waals surface area contributed by atoms with Crippen molar-refractivity contribution in [2.45, 2.75) is 118 Å². The maximum atomic E-state index is 14.6. The molecule has 0 aromatic rings. The van der Waals surface area contributed by atoms with Gasteiger partial charge >= 0.3 is 0 Å². The predicted octanol–water partition coefficient (Wildman–Crippen LogP) is 7.42. The standard InChI is InChI=1S/C27H47FO/c1-17(2)7-6-8-18(3)21-11-12-22-20-10-9-19-15-25(29)24(28)16-27(19,5)23(20)13-14-26(21,22)4/h17-25,29H,6-16H2,1-5H3/t18-,19+,20+,21-,22+,23+,24+,25-,26-,27+/m1/s1. The van der Waals surface area contributed by atoms with Crippen LogP contribution in [-0.4, -0.2) is 17.4 Å². The average Bonchev–Trinajstić information content (AvgIpc) is 3.00. The molecule has 0 heterocycles. The second kappa shape index (κ2) is 8.10. The van der Waals surface area contributed by atoms with Gasteiger partial charge in [-0.15, -0.1) is 0 Å². The van der Waals surface area contributed by atoms with Crippen LogP contribution in [0.25, 0.3) is 0 Å². The van der Waals surface area contributed by atoms with Crippen molar-refractivity contribution in [3.05, 3.63) is 0 Å². The normalized spacial score (nSPS) is 50.7. The van der Waals surface area contributed by atoms with E-state index in [1.54, 1.807) is 0 Å². The van der Waals surface area contributed by atoms with Crippen molar-refractivity contribution < 1.29 is 9.50 Å². The topological polar surface area (TPSA) is 20.2 Å². The first-order valence-electron chi connectivity index (χ1n) is 13.0. The molecule has 4 fully saturated rings. The van der Waals surface area contributed by atoms with Gasteiger partial charge in [-0.25, -0.2) is 4.39 Å². The van der Waals surface area contributed by atoms with E-state index in [4.69, 9.17) is 0 Å². The zero-order chi connectivity index (χ0) is 21.0. The minimum Gasteiger partial charge on any atom is -0.390 e. The Morgan fingerprint density at radius 1 is 0.931 bits per heavy atom. The first-order chi connectivity index (χ1) is 13.7. The first-order valence-corrected chi connectivity index (χ1v) is 13.0. The van der Waals surface area contributed by atoms with Crippen molar-refractivity contribution in [3.8, 4) is 0 Å². The van der Waals surface area contributed by atoms with Crippen LogP contribution in [0.4, 0.5) is 4.39 Å². The molecule has 1 N–H and O–H groups in total. The molecule has 29 heavy (non-hydrogen) atoms. The number of hydrogen-bond acceptors (Lipinski definition) is 1. The molecule has 4 rings (SSSR count). The zero-order valence-corrected chi connectivity index (χ0v) is 19.8. The Morgan fingerprint density at radius 3 is 2.38 bits per heavy atom. The van der Waals surface area contributed by atoms with E-state index < -0.39 is 12.3 Å². The van der Waals surface area contributed by atoms with Crippen LogP contribution in [0.1, 0.15) is 105 Å². The van der Waals surface area contributed by atoms with E-state index in [1.807, 2.05) is 0 Å². The first kappa shape index (κ1) is 22.1. The Bertz CT molecular complexity index is 575. The largest absolute Gasteiger partial charge is 0.390 e. The summed E-state index contributed by atoms with van der Waals surface area (Å²) in [5.74, 6) is 5.49. The van der Waals surface area contributed by atoms with E-state index in [1.165, 1.54) is 57.8 Å². The summed E-state index contributed by atoms with van der Waals surface area (Å²) in [5, 5.41) is 10.1. The summed E-state index contributed by atoms with van der Waals surface area (Å²) in [6, 6.07) is 0. The van der Waals surface area contributed by atoms with Crippen LogP contribution in [0.15, 0.2) is 0 Å². The maximum Gasteiger partial charge on any atom is 0.126 e. The van der Waals surface area contributed by atoms with Crippen LogP contribution in [0.3, 0.4) is 0 Å². The number of alkyl halides is 1. The molecule has 0 unspecified atom stereocenters. The van der Waals surface area contributed by atoms with Gasteiger partial charge in [-0.1, -0.05) is 53.9 Å². The molecule has 0 radical (unpaired) electrons. The summed E-state index contributed by atoms with van der Waals surface area (Å²) < 4.78 is 14.6. The van der Waals surface area contributed by atoms with E-state index in [2.05, 4.69) is 34.6 Å². The van der Waals surface area contributed by atoms with E-state index in [0.717, 1.165) is 29.6 Å². The van der Waals surface area contributed by atoms with Crippen molar-refractivity contribution in [3.63, 3.8) is 0 Å². The van der Waals surface area contributed by atoms with Gasteiger partial charge in [0.2, 0.25) is 0 Å². The highest BCUT2D eigenvalue weighted by Gasteiger charge is 2.61. The van der Waals surface area contributed by atoms with Crippen LogP contribution in [-0.2, 0) is 0 Å². The predicted molar refractivity (Wildman–Crippen MR) is 119 cm³/mol. The minimum absolute atomic E-state index is 0.129. The Balaban J connectivity index is 1.47. The summed E-state index contributed by atoms with van der Waals surface area (Å²) in [6.07, 6.45) is 11.9. The number of aliphatic hydroxyl groups is 1. The van der Waals surface area contributed by atoms with Crippen LogP contribution >= 0.6 is 0 Å². The Labute approximate surface area is 179 Å². The third-order valence-electron chi connectivity index (χ3n) is 10.8. The zero-order valence-electron chi connectivity index (χ0n) is 19.8. The van der Waals surface area contributed by atoms with Crippen LogP contribution in [0, 0.1) is 52.3 Å². The summed E-state index contributed by atoms with van der Waals surface area (Å²) in [4.78, 5) is 0. The molecule has 0 amide bonds. The molecule has 4 saturated carbocycles. The van der Waals surface area contributed by atoms with Crippen molar-refractivity contribution in [2.75, 3.05) is 0 Å². The number of aliphatic hydroxyl groups excluding tert-OH is 1. The molecule has 2 heteroatoms. The van der Waals surface area contributed by atoms with Gasteiger partial charge in [0.1, 0.15) is 6.17 Å². The lowest BCUT2D eigenvalue weighted by Crippen LogP contribution is -2.56. The fraction of sp³-hybridized carbons (Fsp3) is 1.00. The highest BCUT2D eigenvalue weighted by atomic mass is 19.1. The molecule has 168 valence electrons. The SMILES string of the molecule is CC(C)CCC[C@@H](C)[C@H]1CC[C@H]2[C@@H]3CC[C@H]4C[C@@H](O)[C@@H](F)C[C@]4(C)[C@H]3CC[C@]12C. The highest BCUT2D eigenvalue weighted by molar-refractivity contribution is 5.10. The van der Waals surface area contributed by atoms with Gasteiger partial charge in [0.15, 0.2) is 0 Å². The van der Waals surface area contributed by atoms with Gasteiger partial charge in [-0.05, 0) is 104 Å². The molecule has 0 bridgehead atoms. The lowest BCUT2D eigenvalue weighted by atomic mass is 9.44. The molecule has 0 aromatic carbocycles. The quantitative estimate of drug-likeness (QED) is 0.504. The Morgan fingerprint density at radius 2 is 1.66 bits per heavy atom. The molecule has 0 spiro atoms. The number of fused-ring (bicyclic) bond motifs is 5. The van der Waals surface area contributed by atoms with E-state index >= 15 is 0 Å². The Kier molecular flexibility index (Phi) is 6.17. The third-order valence-corrected chi connectivity index (χ3v) is 10.8. The minimum atomic E-state index is -0.999. The van der Waals surface area contributed by atoms with Gasteiger partial charge < -0.3 is 5.11 Å². The maximum absolute atomic E-state index is 14.6. The number of hydrogen-bond donors (Lipinski definition) is 1. The molecule has 1 nitrogen and oxygen atoms in total. The Hall–Kier alpha value is -0.110. The van der Waals surface area contributed by atoms with Crippen LogP contribution < -0.4 is 0 Å². The molecule has 0 saturated heterocycles. The van der Waals surface area contributed by atoms with E-state index in [9.17, 15) is 9.50 Å². The van der Waals surface area contributed by atoms with Crippen LogP contribution in [0.5, 0.6) is 0 Å². The second-order valence-electron chi connectivity index (χ2n) is 12.7. The van der Waals surface area contributed by atoms with E-state index in [0.29, 0.717) is 30.1 Å². The average molecular weight is 407 g/mol. The van der Waals surface area contributed by atoms with Gasteiger partial charge in [0.05, 0.1) is 6.10 Å². The number of halogens is 1. The van der Waals surface area contributed by atoms with Gasteiger partial charge in [-0.2, -0.15) is 0 Å². The van der Waals surface area contributed by atoms with Gasteiger partial charge in [0.25, 0.3) is 0 Å². The lowest BCUT2D eigenvalue weighted by molar-refractivity contribution is -0.147. The second-order valence-corrected chi connectivity index (χ2v) is 12.7. The smallest absolute Gasteiger partial charge is 0.126 e. The fourth-order valence-corrected chi connectivity index (χ4v) is 9.26. The van der Waals surface area contributed by atoms with Crippen molar-refractivity contribution in [2.24, 2.45) is 52.3 Å². The molecule has 0 aromatic heterocycles. The molecule has 4 aliphatic carbocycles. The third kappa shape index (κ3) is 3.72. The molecular weight excluding hydrogens is 359 g/mol. The monoisotopic (exact) mass is 406 g/mol. The van der Waals surface area contributed by atoms with Gasteiger partial charge in [0, 0.05) is 0 Å². The lowest BCUT2D eigenvalue weighted by Gasteiger charge is -2.61. The van der Waals surface area contributed by atoms with Crippen LogP contribution in [0.2, 0.25) is 0 Å². The fourth-order valence-electron chi connectivity index (χ4n) is 9.26. The van der Waals surface area contributed by atoms with E-state index in [-0.39, 0.29) is 5.41 Å². The molecule has 4 aliphatic rings.